The fraction of sp³-hybridized carbons (Fsp3) is 0.810. The summed E-state index contributed by atoms with van der Waals surface area (Å²) in [4.78, 5) is 24.2. The maximum Gasteiger partial charge on any atom is 0.227 e. The van der Waals surface area contributed by atoms with Crippen LogP contribution in [-0.2, 0) is 16.1 Å². The van der Waals surface area contributed by atoms with Gasteiger partial charge in [-0.15, -0.1) is 0 Å². The number of likely N-dealkylation sites (tertiary alicyclic amines) is 2. The Hall–Kier alpha value is -1.44. The predicted octanol–water partition coefficient (Wildman–Crippen LogP) is 1.31. The minimum atomic E-state index is 0.194. The van der Waals surface area contributed by atoms with E-state index in [2.05, 4.69) is 19.4 Å². The monoisotopic (exact) mass is 389 g/mol. The quantitative estimate of drug-likeness (QED) is 0.734. The van der Waals surface area contributed by atoms with Crippen LogP contribution in [0.2, 0.25) is 0 Å². The summed E-state index contributed by atoms with van der Waals surface area (Å²) < 4.78 is 7.56. The second-order valence-corrected chi connectivity index (χ2v) is 8.50. The first-order chi connectivity index (χ1) is 13.8. The van der Waals surface area contributed by atoms with Gasteiger partial charge in [0.2, 0.25) is 5.91 Å². The van der Waals surface area contributed by atoms with Gasteiger partial charge in [0, 0.05) is 44.6 Å². The maximum atomic E-state index is 12.9. The molecule has 0 saturated carbocycles. The Morgan fingerprint density at radius 1 is 1.04 bits per heavy atom. The number of carbonyl (C=O) groups is 1. The smallest absolute Gasteiger partial charge is 0.227 e. The summed E-state index contributed by atoms with van der Waals surface area (Å²) in [6.45, 7) is 9.66. The number of amides is 1. The van der Waals surface area contributed by atoms with Crippen molar-refractivity contribution in [3.63, 3.8) is 0 Å². The van der Waals surface area contributed by atoms with Crippen molar-refractivity contribution in [3.8, 4) is 0 Å². The predicted molar refractivity (Wildman–Crippen MR) is 108 cm³/mol. The molecule has 1 aromatic rings. The van der Waals surface area contributed by atoms with Crippen LogP contribution >= 0.6 is 0 Å². The second-order valence-electron chi connectivity index (χ2n) is 8.50. The molecule has 0 bridgehead atoms. The lowest BCUT2D eigenvalue weighted by Crippen LogP contribution is -2.52. The third kappa shape index (κ3) is 5.13. The molecule has 1 amide bonds. The zero-order valence-electron chi connectivity index (χ0n) is 17.0. The summed E-state index contributed by atoms with van der Waals surface area (Å²) in [6, 6.07) is 0.658. The van der Waals surface area contributed by atoms with Gasteiger partial charge in [-0.05, 0) is 58.3 Å². The first-order valence-electron chi connectivity index (χ1n) is 11.1. The maximum absolute atomic E-state index is 12.9. The van der Waals surface area contributed by atoms with Crippen molar-refractivity contribution in [2.24, 2.45) is 5.92 Å². The van der Waals surface area contributed by atoms with Gasteiger partial charge in [-0.25, -0.2) is 4.98 Å². The van der Waals surface area contributed by atoms with E-state index in [9.17, 15) is 4.79 Å². The molecular weight excluding hydrogens is 354 g/mol. The van der Waals surface area contributed by atoms with Crippen LogP contribution in [0, 0.1) is 5.92 Å². The van der Waals surface area contributed by atoms with E-state index >= 15 is 0 Å². The van der Waals surface area contributed by atoms with E-state index in [1.54, 1.807) is 0 Å². The van der Waals surface area contributed by atoms with Crippen molar-refractivity contribution in [2.45, 2.75) is 44.7 Å². The molecule has 1 atom stereocenters. The van der Waals surface area contributed by atoms with E-state index in [0.717, 1.165) is 45.6 Å². The highest BCUT2D eigenvalue weighted by molar-refractivity contribution is 5.79. The van der Waals surface area contributed by atoms with Crippen LogP contribution in [0.4, 0.5) is 0 Å². The van der Waals surface area contributed by atoms with Gasteiger partial charge < -0.3 is 19.1 Å². The number of imidazole rings is 1. The Labute approximate surface area is 168 Å². The molecule has 0 unspecified atom stereocenters. The van der Waals surface area contributed by atoms with Crippen molar-refractivity contribution in [1.29, 1.82) is 0 Å². The fourth-order valence-electron chi connectivity index (χ4n) is 4.99. The average molecular weight is 390 g/mol. The molecule has 3 aliphatic rings. The number of hydrogen-bond donors (Lipinski definition) is 0. The summed E-state index contributed by atoms with van der Waals surface area (Å²) in [6.07, 6.45) is 11.7. The molecule has 7 heteroatoms. The molecule has 3 aliphatic heterocycles. The Bertz CT molecular complexity index is 594. The molecule has 3 fully saturated rings. The van der Waals surface area contributed by atoms with Gasteiger partial charge in [0.05, 0.1) is 25.5 Å². The number of carbonyl (C=O) groups excluding carboxylic acids is 1. The lowest BCUT2D eigenvalue weighted by Gasteiger charge is -2.43. The SMILES string of the molecule is O=C([C@@H]1CCCN(C2CCN(CCCn3ccnc3)CC2)C1)N1CCOCC1. The van der Waals surface area contributed by atoms with Gasteiger partial charge in [-0.3, -0.25) is 9.69 Å². The number of aryl methyl sites for hydroxylation is 1. The standard InChI is InChI=1S/C21H35N5O2/c27-21(25-13-15-28-16-14-25)19-3-1-9-26(17-19)20-4-10-23(11-5-20)7-2-8-24-12-6-22-18-24/h6,12,18-20H,1-5,7-11,13-17H2/t19-/m1/s1. The van der Waals surface area contributed by atoms with Crippen molar-refractivity contribution >= 4 is 5.91 Å². The molecule has 156 valence electrons. The van der Waals surface area contributed by atoms with E-state index < -0.39 is 0 Å². The summed E-state index contributed by atoms with van der Waals surface area (Å²) in [5, 5.41) is 0. The number of ether oxygens (including phenoxy) is 1. The largest absolute Gasteiger partial charge is 0.378 e. The lowest BCUT2D eigenvalue weighted by molar-refractivity contribution is -0.142. The van der Waals surface area contributed by atoms with Crippen LogP contribution < -0.4 is 0 Å². The molecule has 7 nitrogen and oxygen atoms in total. The highest BCUT2D eigenvalue weighted by atomic mass is 16.5. The topological polar surface area (TPSA) is 53.8 Å². The molecular formula is C21H35N5O2. The van der Waals surface area contributed by atoms with Crippen LogP contribution in [-0.4, -0.2) is 95.2 Å². The highest BCUT2D eigenvalue weighted by Crippen LogP contribution is 2.25. The van der Waals surface area contributed by atoms with Crippen molar-refractivity contribution in [1.82, 2.24) is 24.3 Å². The van der Waals surface area contributed by atoms with Crippen molar-refractivity contribution in [2.75, 3.05) is 59.0 Å². The molecule has 4 rings (SSSR count). The van der Waals surface area contributed by atoms with Gasteiger partial charge in [-0.1, -0.05) is 0 Å². The first kappa shape index (κ1) is 19.9. The van der Waals surface area contributed by atoms with Crippen molar-refractivity contribution < 1.29 is 9.53 Å². The van der Waals surface area contributed by atoms with Gasteiger partial charge in [-0.2, -0.15) is 0 Å². The van der Waals surface area contributed by atoms with Crippen LogP contribution in [0.25, 0.3) is 0 Å². The van der Waals surface area contributed by atoms with Gasteiger partial charge in [0.25, 0.3) is 0 Å². The Morgan fingerprint density at radius 3 is 2.61 bits per heavy atom. The molecule has 0 spiro atoms. The zero-order valence-corrected chi connectivity index (χ0v) is 17.0. The summed E-state index contributed by atoms with van der Waals surface area (Å²) >= 11 is 0. The molecule has 0 N–H and O–H groups in total. The number of hydrogen-bond acceptors (Lipinski definition) is 5. The van der Waals surface area contributed by atoms with Crippen LogP contribution in [0.5, 0.6) is 0 Å². The highest BCUT2D eigenvalue weighted by Gasteiger charge is 2.33. The molecule has 0 aromatic carbocycles. The third-order valence-corrected chi connectivity index (χ3v) is 6.65. The van der Waals surface area contributed by atoms with Gasteiger partial charge in [0.15, 0.2) is 0 Å². The number of morpholine rings is 1. The minimum Gasteiger partial charge on any atom is -0.378 e. The van der Waals surface area contributed by atoms with Gasteiger partial charge in [0.1, 0.15) is 0 Å². The molecule has 1 aromatic heterocycles. The third-order valence-electron chi connectivity index (χ3n) is 6.65. The normalized spacial score (nSPS) is 25.9. The lowest BCUT2D eigenvalue weighted by atomic mass is 9.92. The van der Waals surface area contributed by atoms with Gasteiger partial charge >= 0.3 is 0 Å². The van der Waals surface area contributed by atoms with E-state index in [-0.39, 0.29) is 5.92 Å². The second kappa shape index (κ2) is 9.85. The number of piperidine rings is 2. The van der Waals surface area contributed by atoms with E-state index in [1.165, 1.54) is 38.9 Å². The summed E-state index contributed by atoms with van der Waals surface area (Å²) in [7, 11) is 0. The van der Waals surface area contributed by atoms with Crippen molar-refractivity contribution in [3.05, 3.63) is 18.7 Å². The molecule has 0 aliphatic carbocycles. The summed E-state index contributed by atoms with van der Waals surface area (Å²) in [5.74, 6) is 0.560. The van der Waals surface area contributed by atoms with Crippen LogP contribution in [0.1, 0.15) is 32.1 Å². The van der Waals surface area contributed by atoms with E-state index in [0.29, 0.717) is 25.2 Å². The Kier molecular flexibility index (Phi) is 6.99. The molecule has 4 heterocycles. The molecule has 28 heavy (non-hydrogen) atoms. The number of aromatic nitrogens is 2. The Morgan fingerprint density at radius 2 is 1.86 bits per heavy atom. The number of rotatable bonds is 6. The first-order valence-corrected chi connectivity index (χ1v) is 11.1. The van der Waals surface area contributed by atoms with Crippen LogP contribution in [0.3, 0.4) is 0 Å². The number of nitrogens with zero attached hydrogens (tertiary/aromatic N) is 5. The average Bonchev–Trinajstić information content (AvgIpc) is 3.28. The summed E-state index contributed by atoms with van der Waals surface area (Å²) in [5.41, 5.74) is 0. The fourth-order valence-corrected chi connectivity index (χ4v) is 4.99. The minimum absolute atomic E-state index is 0.194. The van der Waals surface area contributed by atoms with E-state index in [1.807, 2.05) is 23.6 Å². The zero-order chi connectivity index (χ0) is 19.2. The molecule has 3 saturated heterocycles. The van der Waals surface area contributed by atoms with Crippen LogP contribution in [0.15, 0.2) is 18.7 Å². The Balaban J connectivity index is 1.19. The molecule has 0 radical (unpaired) electrons. The van der Waals surface area contributed by atoms with E-state index in [4.69, 9.17) is 4.74 Å².